The zero-order chi connectivity index (χ0) is 15.5. The van der Waals surface area contributed by atoms with Crippen LogP contribution in [-0.4, -0.2) is 34.4 Å². The lowest BCUT2D eigenvalue weighted by atomic mass is 10.1. The van der Waals surface area contributed by atoms with Crippen LogP contribution < -0.4 is 11.1 Å². The van der Waals surface area contributed by atoms with Crippen molar-refractivity contribution in [2.75, 3.05) is 12.4 Å². The number of nitrogens with two attached hydrogens (primary N) is 1. The minimum atomic E-state index is -1.27. The molecule has 0 saturated carbocycles. The molecule has 108 valence electrons. The third-order valence-corrected chi connectivity index (χ3v) is 2.51. The number of carbonyl (C=O) groups is 2. The number of nitrogens with one attached hydrogen (secondary N) is 1. The van der Waals surface area contributed by atoms with Gasteiger partial charge in [0.25, 0.3) is 0 Å². The van der Waals surface area contributed by atoms with Gasteiger partial charge in [-0.05, 0) is 19.9 Å². The third kappa shape index (κ3) is 3.19. The first-order chi connectivity index (χ1) is 9.19. The van der Waals surface area contributed by atoms with E-state index in [2.05, 4.69) is 15.0 Å². The molecule has 0 radical (unpaired) electrons. The van der Waals surface area contributed by atoms with Gasteiger partial charge in [-0.15, -0.1) is 0 Å². The van der Waals surface area contributed by atoms with Crippen molar-refractivity contribution < 1.29 is 19.2 Å². The largest absolute Gasteiger partial charge is 0.464 e. The number of ether oxygens (including phenoxy) is 1. The SMILES string of the molecule is COC(=O)c1ccc([N+](=O)[O-])c(NC(C)(C)C(N)=O)n1. The molecular weight excluding hydrogens is 268 g/mol. The van der Waals surface area contributed by atoms with Crippen molar-refractivity contribution in [3.05, 3.63) is 27.9 Å². The van der Waals surface area contributed by atoms with Crippen molar-refractivity contribution in [3.63, 3.8) is 0 Å². The van der Waals surface area contributed by atoms with E-state index in [0.717, 1.165) is 19.2 Å². The van der Waals surface area contributed by atoms with Crippen LogP contribution in [0.3, 0.4) is 0 Å². The molecule has 1 heterocycles. The fourth-order valence-corrected chi connectivity index (χ4v) is 1.27. The maximum Gasteiger partial charge on any atom is 0.356 e. The topological polar surface area (TPSA) is 137 Å². The summed E-state index contributed by atoms with van der Waals surface area (Å²) in [6.07, 6.45) is 0. The van der Waals surface area contributed by atoms with E-state index in [4.69, 9.17) is 5.73 Å². The van der Waals surface area contributed by atoms with Crippen molar-refractivity contribution in [1.29, 1.82) is 0 Å². The molecule has 1 aromatic rings. The lowest BCUT2D eigenvalue weighted by Gasteiger charge is -2.22. The predicted molar refractivity (Wildman–Crippen MR) is 69.1 cm³/mol. The Kier molecular flexibility index (Phi) is 4.23. The molecule has 0 fully saturated rings. The summed E-state index contributed by atoms with van der Waals surface area (Å²) in [4.78, 5) is 36.7. The Labute approximate surface area is 114 Å². The molecule has 0 aromatic carbocycles. The molecule has 3 N–H and O–H groups in total. The summed E-state index contributed by atoms with van der Waals surface area (Å²) < 4.78 is 4.48. The first-order valence-corrected chi connectivity index (χ1v) is 5.51. The number of hydrogen-bond donors (Lipinski definition) is 2. The van der Waals surface area contributed by atoms with E-state index in [0.29, 0.717) is 0 Å². The molecule has 0 unspecified atom stereocenters. The number of aromatic nitrogens is 1. The van der Waals surface area contributed by atoms with Gasteiger partial charge in [-0.25, -0.2) is 9.78 Å². The number of pyridine rings is 1. The highest BCUT2D eigenvalue weighted by molar-refractivity contribution is 5.90. The zero-order valence-corrected chi connectivity index (χ0v) is 11.2. The maximum atomic E-state index is 11.4. The lowest BCUT2D eigenvalue weighted by Crippen LogP contribution is -2.45. The fraction of sp³-hybridized carbons (Fsp3) is 0.364. The van der Waals surface area contributed by atoms with Crippen molar-refractivity contribution in [2.24, 2.45) is 5.73 Å². The van der Waals surface area contributed by atoms with E-state index in [-0.39, 0.29) is 17.2 Å². The minimum Gasteiger partial charge on any atom is -0.464 e. The number of carbonyl (C=O) groups excluding carboxylic acids is 2. The van der Waals surface area contributed by atoms with Crippen LogP contribution in [0, 0.1) is 10.1 Å². The predicted octanol–water partition coefficient (Wildman–Crippen LogP) is 0.452. The fourth-order valence-electron chi connectivity index (χ4n) is 1.27. The molecule has 9 nitrogen and oxygen atoms in total. The molecule has 0 saturated heterocycles. The molecular formula is C11H14N4O5. The Bertz CT molecular complexity index is 570. The summed E-state index contributed by atoms with van der Waals surface area (Å²) in [5, 5.41) is 13.5. The summed E-state index contributed by atoms with van der Waals surface area (Å²) in [5.41, 5.74) is 3.40. The number of esters is 1. The molecule has 0 aliphatic heterocycles. The molecule has 0 spiro atoms. The first kappa shape index (κ1) is 15.3. The molecule has 0 aliphatic carbocycles. The number of nitro groups is 1. The lowest BCUT2D eigenvalue weighted by molar-refractivity contribution is -0.384. The molecule has 0 aliphatic rings. The summed E-state index contributed by atoms with van der Waals surface area (Å²) in [6.45, 7) is 2.87. The average molecular weight is 282 g/mol. The van der Waals surface area contributed by atoms with Crippen LogP contribution in [0.25, 0.3) is 0 Å². The molecule has 1 rings (SSSR count). The number of rotatable bonds is 5. The Hall–Kier alpha value is -2.71. The van der Waals surface area contributed by atoms with Crippen LogP contribution in [0.4, 0.5) is 11.5 Å². The van der Waals surface area contributed by atoms with Crippen molar-refractivity contribution in [2.45, 2.75) is 19.4 Å². The summed E-state index contributed by atoms with van der Waals surface area (Å²) in [7, 11) is 1.16. The van der Waals surface area contributed by atoms with Gasteiger partial charge < -0.3 is 15.8 Å². The number of hydrogen-bond acceptors (Lipinski definition) is 7. The van der Waals surface area contributed by atoms with Crippen LogP contribution in [-0.2, 0) is 9.53 Å². The summed E-state index contributed by atoms with van der Waals surface area (Å²) in [5.74, 6) is -1.71. The monoisotopic (exact) mass is 282 g/mol. The van der Waals surface area contributed by atoms with Crippen LogP contribution in [0.1, 0.15) is 24.3 Å². The van der Waals surface area contributed by atoms with E-state index in [1.165, 1.54) is 13.8 Å². The van der Waals surface area contributed by atoms with Crippen LogP contribution in [0.2, 0.25) is 0 Å². The number of amides is 1. The average Bonchev–Trinajstić information content (AvgIpc) is 2.36. The van der Waals surface area contributed by atoms with Gasteiger partial charge in [0.15, 0.2) is 5.69 Å². The quantitative estimate of drug-likeness (QED) is 0.454. The summed E-state index contributed by atoms with van der Waals surface area (Å²) in [6, 6.07) is 2.26. The van der Waals surface area contributed by atoms with Crippen LogP contribution >= 0.6 is 0 Å². The summed E-state index contributed by atoms with van der Waals surface area (Å²) >= 11 is 0. The molecule has 0 atom stereocenters. The minimum absolute atomic E-state index is 0.124. The van der Waals surface area contributed by atoms with Crippen LogP contribution in [0.15, 0.2) is 12.1 Å². The van der Waals surface area contributed by atoms with E-state index < -0.39 is 22.3 Å². The van der Waals surface area contributed by atoms with E-state index in [1.54, 1.807) is 0 Å². The van der Waals surface area contributed by atoms with Crippen molar-refractivity contribution in [1.82, 2.24) is 4.98 Å². The highest BCUT2D eigenvalue weighted by atomic mass is 16.6. The third-order valence-electron chi connectivity index (χ3n) is 2.51. The van der Waals surface area contributed by atoms with E-state index in [1.807, 2.05) is 0 Å². The van der Waals surface area contributed by atoms with E-state index in [9.17, 15) is 19.7 Å². The molecule has 0 bridgehead atoms. The van der Waals surface area contributed by atoms with Crippen LogP contribution in [0.5, 0.6) is 0 Å². The standard InChI is InChI=1S/C11H14N4O5/c1-11(2,10(12)17)14-8-7(15(18)19)5-4-6(13-8)9(16)20-3/h4-5H,1-3H3,(H2,12,17)(H,13,14). The van der Waals surface area contributed by atoms with Gasteiger partial charge in [-0.3, -0.25) is 14.9 Å². The Balaban J connectivity index is 3.29. The highest BCUT2D eigenvalue weighted by Gasteiger charge is 2.29. The Morgan fingerprint density at radius 2 is 2.05 bits per heavy atom. The second-order valence-electron chi connectivity index (χ2n) is 4.43. The normalized spacial score (nSPS) is 10.8. The van der Waals surface area contributed by atoms with Gasteiger partial charge in [-0.2, -0.15) is 0 Å². The number of methoxy groups -OCH3 is 1. The van der Waals surface area contributed by atoms with Gasteiger partial charge >= 0.3 is 11.7 Å². The van der Waals surface area contributed by atoms with Gasteiger partial charge in [0.1, 0.15) is 5.54 Å². The van der Waals surface area contributed by atoms with Gasteiger partial charge in [0.2, 0.25) is 11.7 Å². The highest BCUT2D eigenvalue weighted by Crippen LogP contribution is 2.25. The number of primary amides is 1. The first-order valence-electron chi connectivity index (χ1n) is 5.51. The number of anilines is 1. The molecule has 1 amide bonds. The second kappa shape index (κ2) is 5.51. The molecule has 9 heteroatoms. The maximum absolute atomic E-state index is 11.4. The van der Waals surface area contributed by atoms with Crippen molar-refractivity contribution >= 4 is 23.4 Å². The van der Waals surface area contributed by atoms with Gasteiger partial charge in [0.05, 0.1) is 12.0 Å². The van der Waals surface area contributed by atoms with Gasteiger partial charge in [-0.1, -0.05) is 0 Å². The Morgan fingerprint density at radius 3 is 2.50 bits per heavy atom. The van der Waals surface area contributed by atoms with E-state index >= 15 is 0 Å². The second-order valence-corrected chi connectivity index (χ2v) is 4.43. The smallest absolute Gasteiger partial charge is 0.356 e. The van der Waals surface area contributed by atoms with Gasteiger partial charge in [0, 0.05) is 6.07 Å². The number of nitrogens with zero attached hydrogens (tertiary/aromatic N) is 2. The zero-order valence-electron chi connectivity index (χ0n) is 11.2. The molecule has 20 heavy (non-hydrogen) atoms. The molecule has 1 aromatic heterocycles. The van der Waals surface area contributed by atoms with Crippen molar-refractivity contribution in [3.8, 4) is 0 Å². The Morgan fingerprint density at radius 1 is 1.45 bits per heavy atom.